The second-order valence-corrected chi connectivity index (χ2v) is 20.4. The minimum Gasteiger partial charge on any atom is -0.401 e. The van der Waals surface area contributed by atoms with E-state index in [1.54, 1.807) is 11.1 Å². The highest BCUT2D eigenvalue weighted by molar-refractivity contribution is 9.10. The summed E-state index contributed by atoms with van der Waals surface area (Å²) in [6.45, 7) is 7.00. The average Bonchev–Trinajstić information content (AvgIpc) is 3.55. The fourth-order valence-corrected chi connectivity index (χ4v) is 13.3. The summed E-state index contributed by atoms with van der Waals surface area (Å²) >= 11 is 3.20. The summed E-state index contributed by atoms with van der Waals surface area (Å²) in [5, 5.41) is 6.80. The molecule has 7 rings (SSSR count). The van der Waals surface area contributed by atoms with Crippen LogP contribution in [0, 0.1) is 11.6 Å². The van der Waals surface area contributed by atoms with Gasteiger partial charge in [0.05, 0.1) is 30.9 Å². The zero-order chi connectivity index (χ0) is 36.8. The molecular weight excluding hydrogens is 750 g/mol. The fraction of sp³-hybridized carbons (Fsp3) is 0.390. The molecule has 3 atom stereocenters. The van der Waals surface area contributed by atoms with E-state index < -0.39 is 56.1 Å². The average molecular weight is 795 g/mol. The molecule has 5 nitrogen and oxygen atoms in total. The lowest BCUT2D eigenvalue weighted by atomic mass is 9.83. The molecule has 0 aliphatic carbocycles. The Labute approximate surface area is 312 Å². The van der Waals surface area contributed by atoms with E-state index in [1.807, 2.05) is 105 Å². The van der Waals surface area contributed by atoms with Crippen molar-refractivity contribution >= 4 is 45.5 Å². The van der Waals surface area contributed by atoms with E-state index in [9.17, 15) is 0 Å². The number of aromatic nitrogens is 2. The number of hydrogen-bond donors (Lipinski definition) is 0. The Balaban J connectivity index is 1.28. The van der Waals surface area contributed by atoms with Crippen LogP contribution in [0.3, 0.4) is 0 Å². The summed E-state index contributed by atoms with van der Waals surface area (Å²) in [4.78, 5) is 1.55. The Morgan fingerprint density at radius 1 is 0.923 bits per heavy atom. The SMILES string of the molecule is C[C@@H]1Cc2c(ccc3c2cnn3C2CCCCO2)[C@@H](c2c(F)cc(Br)cc2F)N1CC(F)(F)CO[Si](c1ccccc1)(c1ccccc1)C(C)(C)C. The Morgan fingerprint density at radius 3 is 2.13 bits per heavy atom. The Morgan fingerprint density at radius 2 is 1.56 bits per heavy atom. The summed E-state index contributed by atoms with van der Waals surface area (Å²) < 4.78 is 80.2. The maximum Gasteiger partial charge on any atom is 0.282 e. The highest BCUT2D eigenvalue weighted by Gasteiger charge is 2.52. The molecule has 0 saturated carbocycles. The van der Waals surface area contributed by atoms with Crippen LogP contribution in [-0.2, 0) is 15.6 Å². The van der Waals surface area contributed by atoms with Crippen molar-refractivity contribution in [2.24, 2.45) is 0 Å². The van der Waals surface area contributed by atoms with E-state index in [4.69, 9.17) is 9.16 Å². The molecule has 2 aliphatic heterocycles. The summed E-state index contributed by atoms with van der Waals surface area (Å²) in [6.07, 6.45) is 4.83. The van der Waals surface area contributed by atoms with Gasteiger partial charge in [-0.1, -0.05) is 103 Å². The molecule has 0 spiro atoms. The number of nitrogens with zero attached hydrogens (tertiary/aromatic N) is 3. The number of ether oxygens (including phenoxy) is 1. The normalized spacial score (nSPS) is 20.3. The van der Waals surface area contributed by atoms with Gasteiger partial charge in [0.1, 0.15) is 11.6 Å². The minimum absolute atomic E-state index is 0.201. The molecule has 0 N–H and O–H groups in total. The van der Waals surface area contributed by atoms with Gasteiger partial charge in [0.15, 0.2) is 6.23 Å². The molecule has 1 fully saturated rings. The van der Waals surface area contributed by atoms with E-state index in [2.05, 4.69) is 21.0 Å². The van der Waals surface area contributed by atoms with Gasteiger partial charge in [-0.15, -0.1) is 0 Å². The molecule has 3 heterocycles. The molecule has 5 aromatic rings. The van der Waals surface area contributed by atoms with Gasteiger partial charge in [0, 0.05) is 28.1 Å². The van der Waals surface area contributed by atoms with Crippen LogP contribution in [0.15, 0.2) is 95.6 Å². The molecule has 4 aromatic carbocycles. The number of hydrogen-bond acceptors (Lipinski definition) is 4. The lowest BCUT2D eigenvalue weighted by Crippen LogP contribution is -2.67. The topological polar surface area (TPSA) is 39.5 Å². The first-order chi connectivity index (χ1) is 24.8. The van der Waals surface area contributed by atoms with Crippen LogP contribution in [0.2, 0.25) is 5.04 Å². The van der Waals surface area contributed by atoms with Crippen molar-refractivity contribution in [2.45, 2.75) is 82.7 Å². The van der Waals surface area contributed by atoms with Crippen LogP contribution in [0.4, 0.5) is 17.6 Å². The van der Waals surface area contributed by atoms with Gasteiger partial charge in [0.25, 0.3) is 14.2 Å². The van der Waals surface area contributed by atoms with Gasteiger partial charge in [-0.05, 0) is 77.3 Å². The van der Waals surface area contributed by atoms with Gasteiger partial charge >= 0.3 is 0 Å². The highest BCUT2D eigenvalue weighted by atomic mass is 79.9. The summed E-state index contributed by atoms with van der Waals surface area (Å²) in [6, 6.07) is 23.8. The molecule has 11 heteroatoms. The van der Waals surface area contributed by atoms with E-state index in [1.165, 1.54) is 12.1 Å². The van der Waals surface area contributed by atoms with Crippen molar-refractivity contribution in [3.05, 3.63) is 124 Å². The van der Waals surface area contributed by atoms with Gasteiger partial charge in [-0.2, -0.15) is 5.10 Å². The predicted octanol–water partition coefficient (Wildman–Crippen LogP) is 9.32. The van der Waals surface area contributed by atoms with E-state index in [-0.39, 0.29) is 16.3 Å². The van der Waals surface area contributed by atoms with Crippen LogP contribution in [-0.4, -0.2) is 54.7 Å². The van der Waals surface area contributed by atoms with Crippen LogP contribution < -0.4 is 10.4 Å². The lowest BCUT2D eigenvalue weighted by molar-refractivity contribution is -0.0822. The summed E-state index contributed by atoms with van der Waals surface area (Å²) in [7, 11) is -3.29. The third-order valence-corrected chi connectivity index (χ3v) is 16.1. The van der Waals surface area contributed by atoms with E-state index in [0.29, 0.717) is 18.6 Å². The number of fused-ring (bicyclic) bond motifs is 3. The van der Waals surface area contributed by atoms with Gasteiger partial charge in [0.2, 0.25) is 0 Å². The second kappa shape index (κ2) is 14.5. The monoisotopic (exact) mass is 793 g/mol. The van der Waals surface area contributed by atoms with Gasteiger partial charge in [-0.3, -0.25) is 4.90 Å². The Hall–Kier alpha value is -3.35. The molecule has 1 aromatic heterocycles. The quantitative estimate of drug-likeness (QED) is 0.110. The van der Waals surface area contributed by atoms with Crippen molar-refractivity contribution in [1.82, 2.24) is 14.7 Å². The summed E-state index contributed by atoms with van der Waals surface area (Å²) in [5.74, 6) is -4.99. The van der Waals surface area contributed by atoms with Gasteiger partial charge < -0.3 is 9.16 Å². The number of benzene rings is 4. The van der Waals surface area contributed by atoms with Crippen molar-refractivity contribution in [3.8, 4) is 0 Å². The molecule has 0 bridgehead atoms. The predicted molar refractivity (Wildman–Crippen MR) is 203 cm³/mol. The molecule has 52 heavy (non-hydrogen) atoms. The molecule has 274 valence electrons. The Bertz CT molecular complexity index is 1970. The van der Waals surface area contributed by atoms with Crippen molar-refractivity contribution in [2.75, 3.05) is 19.8 Å². The second-order valence-electron chi connectivity index (χ2n) is 15.2. The van der Waals surface area contributed by atoms with E-state index in [0.717, 1.165) is 46.1 Å². The van der Waals surface area contributed by atoms with Crippen LogP contribution in [0.25, 0.3) is 10.9 Å². The molecular formula is C41H44BrF4N3O2Si. The zero-order valence-electron chi connectivity index (χ0n) is 29.9. The van der Waals surface area contributed by atoms with E-state index >= 15 is 17.6 Å². The van der Waals surface area contributed by atoms with Crippen LogP contribution >= 0.6 is 15.9 Å². The Kier molecular flexibility index (Phi) is 10.3. The molecule has 1 unspecified atom stereocenters. The molecule has 2 aliphatic rings. The summed E-state index contributed by atoms with van der Waals surface area (Å²) in [5.41, 5.74) is 2.02. The van der Waals surface area contributed by atoms with Crippen LogP contribution in [0.1, 0.15) is 75.9 Å². The largest absolute Gasteiger partial charge is 0.401 e. The van der Waals surface area contributed by atoms with Crippen molar-refractivity contribution in [3.63, 3.8) is 0 Å². The lowest BCUT2D eigenvalue weighted by Gasteiger charge is -2.46. The zero-order valence-corrected chi connectivity index (χ0v) is 32.5. The first kappa shape index (κ1) is 37.0. The van der Waals surface area contributed by atoms with Crippen molar-refractivity contribution in [1.29, 1.82) is 0 Å². The number of alkyl halides is 2. The fourth-order valence-electron chi connectivity index (χ4n) is 8.34. The standard InChI is InChI=1S/C41H44BrF4N3O2Si/c1-27-21-32-31(18-19-36-33(32)24-47-49(36)37-17-11-12-20-50-37)39(38-34(43)22-28(42)23-35(38)44)48(27)25-41(45,46)26-51-52(40(2,3)4,29-13-7-5-8-14-29)30-15-9-6-10-16-30/h5-10,13-16,18-19,22-24,27,37,39H,11-12,17,20-21,25-26H2,1-4H3/t27-,37?,39+/m1/s1. The number of halogens is 5. The van der Waals surface area contributed by atoms with Crippen molar-refractivity contribution < 1.29 is 26.7 Å². The maximum atomic E-state index is 16.8. The highest BCUT2D eigenvalue weighted by Crippen LogP contribution is 2.45. The first-order valence-corrected chi connectivity index (χ1v) is 20.6. The molecule has 0 amide bonds. The first-order valence-electron chi connectivity index (χ1n) is 17.9. The minimum atomic E-state index is -3.38. The van der Waals surface area contributed by atoms with Crippen LogP contribution in [0.5, 0.6) is 0 Å². The molecule has 0 radical (unpaired) electrons. The smallest absolute Gasteiger partial charge is 0.282 e. The molecule has 1 saturated heterocycles. The third-order valence-electron chi connectivity index (χ3n) is 10.7. The van der Waals surface area contributed by atoms with Gasteiger partial charge in [-0.25, -0.2) is 22.2 Å². The third kappa shape index (κ3) is 6.79. The number of rotatable bonds is 9. The maximum absolute atomic E-state index is 16.8.